The molecule has 0 aliphatic rings. The number of benzene rings is 3. The summed E-state index contributed by atoms with van der Waals surface area (Å²) in [6.45, 7) is 8.01. The molecule has 3 aromatic carbocycles. The average molecular weight is 568 g/mol. The van der Waals surface area contributed by atoms with Gasteiger partial charge in [-0.25, -0.2) is 0 Å². The number of aliphatic hydroxyl groups is 1. The van der Waals surface area contributed by atoms with Crippen molar-refractivity contribution in [2.75, 3.05) is 13.6 Å². The molecule has 0 radical (unpaired) electrons. The van der Waals surface area contributed by atoms with Crippen LogP contribution in [0.15, 0.2) is 95.4 Å². The number of carbonyl (C=O) groups is 2. The minimum absolute atomic E-state index is 0.0826. The molecule has 4 rings (SSSR count). The zero-order valence-corrected chi connectivity index (χ0v) is 25.0. The molecular weight excluding hydrogens is 526 g/mol. The molecule has 7 nitrogen and oxygen atoms in total. The number of amides is 2. The van der Waals surface area contributed by atoms with Crippen LogP contribution in [0.5, 0.6) is 0 Å². The first-order chi connectivity index (χ1) is 20.1. The van der Waals surface area contributed by atoms with E-state index in [1.54, 1.807) is 18.2 Å². The van der Waals surface area contributed by atoms with E-state index in [-0.39, 0.29) is 23.9 Å². The number of rotatable bonds is 12. The Labute approximate surface area is 248 Å². The summed E-state index contributed by atoms with van der Waals surface area (Å²) < 4.78 is 5.64. The Morgan fingerprint density at radius 2 is 1.43 bits per heavy atom. The fourth-order valence-electron chi connectivity index (χ4n) is 5.05. The number of aliphatic hydroxyl groups excluding tert-OH is 1. The van der Waals surface area contributed by atoms with Crippen LogP contribution in [0, 0.1) is 13.8 Å². The van der Waals surface area contributed by atoms with Crippen LogP contribution >= 0.6 is 0 Å². The number of carbonyl (C=O) groups excluding carboxylic acids is 2. The lowest BCUT2D eigenvalue weighted by molar-refractivity contribution is 0.0656. The van der Waals surface area contributed by atoms with E-state index in [4.69, 9.17) is 4.42 Å². The lowest BCUT2D eigenvalue weighted by atomic mass is 9.98. The molecule has 1 aromatic heterocycles. The number of nitrogens with one attached hydrogen (secondary N) is 2. The third-order valence-corrected chi connectivity index (χ3v) is 7.63. The van der Waals surface area contributed by atoms with Gasteiger partial charge in [0.15, 0.2) is 0 Å². The van der Waals surface area contributed by atoms with Crippen LogP contribution in [0.2, 0.25) is 0 Å². The van der Waals surface area contributed by atoms with Crippen molar-refractivity contribution in [1.82, 2.24) is 15.5 Å². The molecule has 220 valence electrons. The summed E-state index contributed by atoms with van der Waals surface area (Å²) in [5.74, 6) is 0.789. The van der Waals surface area contributed by atoms with Crippen LogP contribution in [0.25, 0.3) is 0 Å². The van der Waals surface area contributed by atoms with E-state index in [2.05, 4.69) is 34.6 Å². The molecular formula is C35H41N3O4. The first kappa shape index (κ1) is 30.8. The minimum Gasteiger partial charge on any atom is -0.464 e. The lowest BCUT2D eigenvalue weighted by Crippen LogP contribution is -2.49. The van der Waals surface area contributed by atoms with Crippen molar-refractivity contribution in [2.45, 2.75) is 58.3 Å². The summed E-state index contributed by atoms with van der Waals surface area (Å²) in [5, 5.41) is 17.4. The first-order valence-electron chi connectivity index (χ1n) is 14.4. The van der Waals surface area contributed by atoms with Gasteiger partial charge in [-0.3, -0.25) is 14.5 Å². The number of likely N-dealkylation sites (N-methyl/N-ethyl adjacent to an activating group) is 1. The van der Waals surface area contributed by atoms with Gasteiger partial charge in [-0.15, -0.1) is 0 Å². The highest BCUT2D eigenvalue weighted by atomic mass is 16.3. The van der Waals surface area contributed by atoms with Crippen LogP contribution in [-0.4, -0.2) is 47.6 Å². The fourth-order valence-corrected chi connectivity index (χ4v) is 5.05. The maximum Gasteiger partial charge on any atom is 0.251 e. The van der Waals surface area contributed by atoms with Gasteiger partial charge in [-0.1, -0.05) is 60.7 Å². The minimum atomic E-state index is -0.838. The van der Waals surface area contributed by atoms with Crippen LogP contribution in [0.4, 0.5) is 0 Å². The van der Waals surface area contributed by atoms with E-state index >= 15 is 0 Å². The van der Waals surface area contributed by atoms with E-state index < -0.39 is 12.1 Å². The molecule has 0 saturated carbocycles. The van der Waals surface area contributed by atoms with Crippen LogP contribution in [-0.2, 0) is 6.42 Å². The largest absolute Gasteiger partial charge is 0.464 e. The molecule has 4 atom stereocenters. The van der Waals surface area contributed by atoms with Crippen molar-refractivity contribution in [3.8, 4) is 0 Å². The van der Waals surface area contributed by atoms with E-state index in [0.717, 1.165) is 22.5 Å². The molecule has 1 heterocycles. The second kappa shape index (κ2) is 14.1. The Balaban J connectivity index is 1.50. The smallest absolute Gasteiger partial charge is 0.251 e. The summed E-state index contributed by atoms with van der Waals surface area (Å²) in [6.07, 6.45) is -0.379. The van der Waals surface area contributed by atoms with Crippen molar-refractivity contribution in [2.24, 2.45) is 0 Å². The molecule has 4 aromatic rings. The molecule has 0 fully saturated rings. The molecule has 3 N–H and O–H groups in total. The predicted molar refractivity (Wildman–Crippen MR) is 165 cm³/mol. The first-order valence-corrected chi connectivity index (χ1v) is 14.4. The summed E-state index contributed by atoms with van der Waals surface area (Å²) in [5.41, 5.74) is 3.68. The highest BCUT2D eigenvalue weighted by Gasteiger charge is 2.26. The molecule has 42 heavy (non-hydrogen) atoms. The third kappa shape index (κ3) is 8.18. The molecule has 0 aliphatic heterocycles. The van der Waals surface area contributed by atoms with Gasteiger partial charge in [0.1, 0.15) is 11.5 Å². The molecule has 0 bridgehead atoms. The molecule has 0 saturated heterocycles. The Kier molecular flexibility index (Phi) is 10.3. The van der Waals surface area contributed by atoms with Gasteiger partial charge in [0.25, 0.3) is 11.8 Å². The zero-order chi connectivity index (χ0) is 30.2. The van der Waals surface area contributed by atoms with Gasteiger partial charge in [0.2, 0.25) is 0 Å². The summed E-state index contributed by atoms with van der Waals surface area (Å²) >= 11 is 0. The maximum atomic E-state index is 13.6. The monoisotopic (exact) mass is 567 g/mol. The maximum absolute atomic E-state index is 13.6. The number of hydrogen-bond acceptors (Lipinski definition) is 5. The standard InChI is InChI=1S/C35H41N3O4/c1-23-18-29(34(40)36-25(3)33-17-16-24(2)42-33)21-30(19-23)35(41)37-31(20-27-12-8-6-9-13-27)32(39)22-38(5)26(4)28-14-10-7-11-15-28/h6-19,21,25-26,31-32,39H,20,22H2,1-5H3,(H,36,40)(H,37,41)/t25?,26-,31-,32+/m0/s1. The zero-order valence-electron chi connectivity index (χ0n) is 25.0. The van der Waals surface area contributed by atoms with Crippen molar-refractivity contribution in [3.63, 3.8) is 0 Å². The highest BCUT2D eigenvalue weighted by Crippen LogP contribution is 2.20. The normalized spacial score (nSPS) is 14.2. The lowest BCUT2D eigenvalue weighted by Gasteiger charge is -2.31. The molecule has 0 spiro atoms. The number of hydrogen-bond donors (Lipinski definition) is 3. The van der Waals surface area contributed by atoms with Gasteiger partial charge >= 0.3 is 0 Å². The molecule has 0 aliphatic carbocycles. The second-order valence-corrected chi connectivity index (χ2v) is 11.1. The van der Waals surface area contributed by atoms with E-state index in [1.807, 2.05) is 88.5 Å². The van der Waals surface area contributed by atoms with Crippen LogP contribution < -0.4 is 10.6 Å². The summed E-state index contributed by atoms with van der Waals surface area (Å²) in [6, 6.07) is 27.9. The van der Waals surface area contributed by atoms with Crippen LogP contribution in [0.1, 0.15) is 74.9 Å². The Bertz CT molecular complexity index is 1470. The molecule has 2 amide bonds. The van der Waals surface area contributed by atoms with Gasteiger partial charge in [0, 0.05) is 23.7 Å². The fraction of sp³-hybridized carbons (Fsp3) is 0.314. The van der Waals surface area contributed by atoms with E-state index in [9.17, 15) is 14.7 Å². The quantitative estimate of drug-likeness (QED) is 0.202. The Hall–Kier alpha value is -4.20. The number of furan rings is 1. The Morgan fingerprint density at radius 1 is 0.833 bits per heavy atom. The van der Waals surface area contributed by atoms with Crippen molar-refractivity contribution in [3.05, 3.63) is 130 Å². The second-order valence-electron chi connectivity index (χ2n) is 11.1. The summed E-state index contributed by atoms with van der Waals surface area (Å²) in [4.78, 5) is 28.8. The van der Waals surface area contributed by atoms with Crippen molar-refractivity contribution < 1.29 is 19.1 Å². The Morgan fingerprint density at radius 3 is 2.02 bits per heavy atom. The van der Waals surface area contributed by atoms with Crippen molar-refractivity contribution >= 4 is 11.8 Å². The number of aryl methyl sites for hydroxylation is 2. The molecule has 7 heteroatoms. The van der Waals surface area contributed by atoms with Gasteiger partial charge in [0.05, 0.1) is 18.2 Å². The summed E-state index contributed by atoms with van der Waals surface area (Å²) in [7, 11) is 1.97. The van der Waals surface area contributed by atoms with Gasteiger partial charge < -0.3 is 20.2 Å². The average Bonchev–Trinajstić information content (AvgIpc) is 3.43. The highest BCUT2D eigenvalue weighted by molar-refractivity contribution is 6.00. The van der Waals surface area contributed by atoms with E-state index in [0.29, 0.717) is 29.9 Å². The number of nitrogens with zero attached hydrogens (tertiary/aromatic N) is 1. The van der Waals surface area contributed by atoms with Gasteiger partial charge in [-0.2, -0.15) is 0 Å². The molecule has 1 unspecified atom stereocenters. The van der Waals surface area contributed by atoms with Crippen molar-refractivity contribution in [1.29, 1.82) is 0 Å². The van der Waals surface area contributed by atoms with E-state index in [1.165, 1.54) is 0 Å². The van der Waals surface area contributed by atoms with Gasteiger partial charge in [-0.05, 0) is 88.2 Å². The predicted octanol–water partition coefficient (Wildman–Crippen LogP) is 5.78. The topological polar surface area (TPSA) is 94.8 Å². The van der Waals surface area contributed by atoms with Crippen LogP contribution in [0.3, 0.4) is 0 Å². The third-order valence-electron chi connectivity index (χ3n) is 7.63. The SMILES string of the molecule is Cc1cc(C(=O)NC(C)c2ccc(C)o2)cc(C(=O)N[C@@H](Cc2ccccc2)[C@H](O)CN(C)[C@@H](C)c2ccccc2)c1.